The zero-order chi connectivity index (χ0) is 18.1. The van der Waals surface area contributed by atoms with Crippen molar-refractivity contribution < 1.29 is 0 Å². The minimum atomic E-state index is 0.201. The summed E-state index contributed by atoms with van der Waals surface area (Å²) in [5.74, 6) is 1.59. The van der Waals surface area contributed by atoms with E-state index >= 15 is 0 Å². The zero-order valence-electron chi connectivity index (χ0n) is 16.4. The lowest BCUT2D eigenvalue weighted by Crippen LogP contribution is -2.29. The Balaban J connectivity index is 2.01. The van der Waals surface area contributed by atoms with Gasteiger partial charge in [-0.1, -0.05) is 64.3 Å². The summed E-state index contributed by atoms with van der Waals surface area (Å²) in [6.45, 7) is 12.1. The maximum Gasteiger partial charge on any atom is 0.0524 e. The largest absolute Gasteiger partial charge is 0.391 e. The van der Waals surface area contributed by atoms with Crippen molar-refractivity contribution in [1.29, 1.82) is 0 Å². The van der Waals surface area contributed by atoms with Gasteiger partial charge in [-0.3, -0.25) is 0 Å². The molecule has 2 fully saturated rings. The van der Waals surface area contributed by atoms with Crippen molar-refractivity contribution in [2.24, 2.45) is 11.8 Å². The average molecular weight is 343 g/mol. The fourth-order valence-corrected chi connectivity index (χ4v) is 3.56. The van der Waals surface area contributed by atoms with E-state index in [-0.39, 0.29) is 6.04 Å². The molecule has 0 bridgehead atoms. The molecule has 0 aromatic rings. The van der Waals surface area contributed by atoms with Crippen LogP contribution in [0.3, 0.4) is 0 Å². The molecule has 0 aromatic heterocycles. The van der Waals surface area contributed by atoms with Crippen molar-refractivity contribution in [1.82, 2.24) is 10.6 Å². The second kappa shape index (κ2) is 10.7. The van der Waals surface area contributed by atoms with Crippen LogP contribution in [0.25, 0.3) is 0 Å². The average Bonchev–Trinajstić information content (AvgIpc) is 2.52. The van der Waals surface area contributed by atoms with Crippen LogP contribution in [0.2, 0.25) is 0 Å². The van der Waals surface area contributed by atoms with E-state index in [0.29, 0.717) is 5.92 Å². The summed E-state index contributed by atoms with van der Waals surface area (Å²) >= 11 is 0. The lowest BCUT2D eigenvalue weighted by atomic mass is 9.76. The summed E-state index contributed by atoms with van der Waals surface area (Å²) in [4.78, 5) is 0. The molecular weight excluding hydrogens is 304 g/mol. The first-order valence-corrected chi connectivity index (χ1v) is 10.3. The first-order valence-electron chi connectivity index (χ1n) is 10.3. The molecule has 2 aliphatic carbocycles. The van der Waals surface area contributed by atoms with Gasteiger partial charge < -0.3 is 10.6 Å². The Labute approximate surface area is 155 Å². The fourth-order valence-electron chi connectivity index (χ4n) is 3.56. The molecule has 2 aliphatic rings. The molecular formula is C23H38N2. The molecule has 2 heteroatoms. The minimum Gasteiger partial charge on any atom is -0.391 e. The van der Waals surface area contributed by atoms with Crippen LogP contribution >= 0.6 is 0 Å². The Morgan fingerprint density at radius 1 is 1.16 bits per heavy atom. The Bertz CT molecular complexity index is 492. The van der Waals surface area contributed by atoms with E-state index in [1.807, 2.05) is 7.05 Å². The van der Waals surface area contributed by atoms with Gasteiger partial charge in [-0.15, -0.1) is 0 Å². The van der Waals surface area contributed by atoms with E-state index in [4.69, 9.17) is 0 Å². The van der Waals surface area contributed by atoms with E-state index in [2.05, 4.69) is 49.1 Å². The molecule has 140 valence electrons. The Morgan fingerprint density at radius 3 is 2.40 bits per heavy atom. The third kappa shape index (κ3) is 5.88. The third-order valence-corrected chi connectivity index (χ3v) is 5.94. The fraction of sp³-hybridized carbons (Fsp3) is 0.652. The highest BCUT2D eigenvalue weighted by molar-refractivity contribution is 5.48. The van der Waals surface area contributed by atoms with E-state index in [1.165, 1.54) is 62.5 Å². The van der Waals surface area contributed by atoms with Gasteiger partial charge in [0.2, 0.25) is 0 Å². The topological polar surface area (TPSA) is 24.1 Å². The molecule has 0 heterocycles. The minimum absolute atomic E-state index is 0.201. The van der Waals surface area contributed by atoms with Gasteiger partial charge in [0.15, 0.2) is 0 Å². The van der Waals surface area contributed by atoms with Gasteiger partial charge in [-0.25, -0.2) is 0 Å². The normalized spacial score (nSPS) is 20.2. The maximum atomic E-state index is 4.41. The van der Waals surface area contributed by atoms with Gasteiger partial charge in [-0.2, -0.15) is 0 Å². The molecule has 1 atom stereocenters. The van der Waals surface area contributed by atoms with Gasteiger partial charge >= 0.3 is 0 Å². The number of unbranched alkanes of at least 4 members (excludes halogenated alkanes) is 1. The van der Waals surface area contributed by atoms with Crippen LogP contribution in [0.15, 0.2) is 48.2 Å². The lowest BCUT2D eigenvalue weighted by Gasteiger charge is -2.31. The quantitative estimate of drug-likeness (QED) is 0.278. The Hall–Kier alpha value is -1.28. The van der Waals surface area contributed by atoms with Gasteiger partial charge in [0.25, 0.3) is 0 Å². The molecule has 2 saturated carbocycles. The highest BCUT2D eigenvalue weighted by Gasteiger charge is 2.25. The van der Waals surface area contributed by atoms with Crippen LogP contribution in [-0.2, 0) is 0 Å². The molecule has 0 saturated heterocycles. The smallest absolute Gasteiger partial charge is 0.0524 e. The highest BCUT2D eigenvalue weighted by Crippen LogP contribution is 2.37. The molecule has 0 amide bonds. The molecule has 1 unspecified atom stereocenters. The number of nitrogens with one attached hydrogen (secondary N) is 2. The summed E-state index contributed by atoms with van der Waals surface area (Å²) in [7, 11) is 2.03. The van der Waals surface area contributed by atoms with Crippen LogP contribution in [0.5, 0.6) is 0 Å². The van der Waals surface area contributed by atoms with Gasteiger partial charge in [0, 0.05) is 12.7 Å². The van der Waals surface area contributed by atoms with Crippen molar-refractivity contribution in [3.05, 3.63) is 48.2 Å². The number of likely N-dealkylation sites (N-methyl/N-ethyl adjacent to an activating group) is 1. The molecule has 0 radical (unpaired) electrons. The molecule has 0 aliphatic heterocycles. The zero-order valence-corrected chi connectivity index (χ0v) is 16.4. The first-order chi connectivity index (χ1) is 12.2. The number of hydrogen-bond acceptors (Lipinski definition) is 2. The first kappa shape index (κ1) is 20.0. The van der Waals surface area contributed by atoms with Crippen molar-refractivity contribution in [2.75, 3.05) is 13.6 Å². The molecule has 25 heavy (non-hydrogen) atoms. The molecule has 2 nitrogen and oxygen atoms in total. The summed E-state index contributed by atoms with van der Waals surface area (Å²) in [6, 6.07) is 0.201. The molecule has 2 N–H and O–H groups in total. The monoisotopic (exact) mass is 342 g/mol. The molecule has 0 spiro atoms. The van der Waals surface area contributed by atoms with Gasteiger partial charge in [-0.05, 0) is 61.3 Å². The number of rotatable bonds is 12. The van der Waals surface area contributed by atoms with Crippen LogP contribution in [0.4, 0.5) is 0 Å². The maximum absolute atomic E-state index is 4.41. The van der Waals surface area contributed by atoms with Crippen LogP contribution in [0.1, 0.15) is 64.7 Å². The Kier molecular flexibility index (Phi) is 8.54. The van der Waals surface area contributed by atoms with Crippen molar-refractivity contribution in [2.45, 2.75) is 70.8 Å². The Morgan fingerprint density at radius 2 is 1.88 bits per heavy atom. The molecule has 0 aromatic carbocycles. The lowest BCUT2D eigenvalue weighted by molar-refractivity contribution is 0.296. The van der Waals surface area contributed by atoms with Gasteiger partial charge in [0.1, 0.15) is 0 Å². The summed E-state index contributed by atoms with van der Waals surface area (Å²) < 4.78 is 0. The van der Waals surface area contributed by atoms with Gasteiger partial charge in [0.05, 0.1) is 6.04 Å². The van der Waals surface area contributed by atoms with Crippen LogP contribution in [0, 0.1) is 11.8 Å². The van der Waals surface area contributed by atoms with Crippen LogP contribution in [-0.4, -0.2) is 19.6 Å². The summed E-state index contributed by atoms with van der Waals surface area (Å²) in [5, 5.41) is 7.01. The summed E-state index contributed by atoms with van der Waals surface area (Å²) in [5.41, 5.74) is 3.61. The third-order valence-electron chi connectivity index (χ3n) is 5.94. The van der Waals surface area contributed by atoms with E-state index in [1.54, 1.807) is 0 Å². The molecule has 2 rings (SSSR count). The standard InChI is InChI=1S/C23H38N2/c1-5-6-7-14-23(24-4)22(17-25-16-15-20-10-8-11-20)19(3)18(2)21-12-9-13-21/h7,14,17,20-21,23-25H,2-3,5-6,8-13,15-16H2,1,4H3/b14-7-,22-17-. The second-order valence-electron chi connectivity index (χ2n) is 7.75. The predicted molar refractivity (Wildman–Crippen MR) is 111 cm³/mol. The number of allylic oxidation sites excluding steroid dienone is 2. The highest BCUT2D eigenvalue weighted by atomic mass is 14.9. The van der Waals surface area contributed by atoms with Crippen molar-refractivity contribution in [3.63, 3.8) is 0 Å². The van der Waals surface area contributed by atoms with E-state index in [0.717, 1.165) is 24.5 Å². The van der Waals surface area contributed by atoms with E-state index in [9.17, 15) is 0 Å². The number of hydrogen-bond donors (Lipinski definition) is 2. The second-order valence-corrected chi connectivity index (χ2v) is 7.75. The van der Waals surface area contributed by atoms with Crippen molar-refractivity contribution >= 4 is 0 Å². The SMILES string of the molecule is C=C(C(=C)C1CCC1)/C(=C/NCCC1CCC1)C(/C=C\CCC)NC. The summed E-state index contributed by atoms with van der Waals surface area (Å²) in [6.07, 6.45) is 18.5. The van der Waals surface area contributed by atoms with E-state index < -0.39 is 0 Å². The predicted octanol–water partition coefficient (Wildman–Crippen LogP) is 5.51. The van der Waals surface area contributed by atoms with Crippen LogP contribution < -0.4 is 10.6 Å². The van der Waals surface area contributed by atoms with Crippen molar-refractivity contribution in [3.8, 4) is 0 Å².